The Hall–Kier alpha value is -1.39. The molecule has 0 radical (unpaired) electrons. The lowest BCUT2D eigenvalue weighted by Crippen LogP contribution is -2.57. The van der Waals surface area contributed by atoms with Gasteiger partial charge in [-0.05, 0) is 54.6 Å². The molecule has 0 aliphatic heterocycles. The highest BCUT2D eigenvalue weighted by Gasteiger charge is 2.49. The molecule has 1 aromatic carbocycles. The Bertz CT molecular complexity index is 644. The summed E-state index contributed by atoms with van der Waals surface area (Å²) in [6, 6.07) is 7.85. The van der Waals surface area contributed by atoms with Gasteiger partial charge in [-0.25, -0.2) is 0 Å². The lowest BCUT2D eigenvalue weighted by molar-refractivity contribution is -0.157. The van der Waals surface area contributed by atoms with Crippen molar-refractivity contribution >= 4 is 5.91 Å². The zero-order valence-electron chi connectivity index (χ0n) is 15.6. The van der Waals surface area contributed by atoms with Crippen LogP contribution in [0, 0.1) is 17.8 Å². The number of carbonyl (C=O) groups is 1. The number of hydrogen-bond acceptors (Lipinski definition) is 3. The largest absolute Gasteiger partial charge is 0.383 e. The minimum absolute atomic E-state index is 0.0331. The number of nitrogens with one attached hydrogen (secondary N) is 1. The second kappa shape index (κ2) is 6.73. The molecule has 0 heterocycles. The summed E-state index contributed by atoms with van der Waals surface area (Å²) in [5.74, 6) is 0.226. The van der Waals surface area contributed by atoms with E-state index in [4.69, 9.17) is 0 Å². The van der Waals surface area contributed by atoms with Crippen LogP contribution in [0.3, 0.4) is 0 Å². The maximum atomic E-state index is 12.9. The molecule has 1 amide bonds. The molecule has 0 aromatic heterocycles. The van der Waals surface area contributed by atoms with Crippen LogP contribution in [-0.2, 0) is 16.8 Å². The second-order valence-corrected chi connectivity index (χ2v) is 8.53. The van der Waals surface area contributed by atoms with E-state index in [-0.39, 0.29) is 24.3 Å². The van der Waals surface area contributed by atoms with Gasteiger partial charge in [0.2, 0.25) is 0 Å². The maximum Gasteiger partial charge on any atom is 0.252 e. The molecule has 4 nitrogen and oxygen atoms in total. The minimum Gasteiger partial charge on any atom is -0.383 e. The van der Waals surface area contributed by atoms with Crippen molar-refractivity contribution in [2.24, 2.45) is 17.8 Å². The van der Waals surface area contributed by atoms with E-state index in [9.17, 15) is 15.0 Å². The third-order valence-electron chi connectivity index (χ3n) is 6.31. The van der Waals surface area contributed by atoms with Crippen LogP contribution in [0.25, 0.3) is 0 Å². The Kier molecular flexibility index (Phi) is 4.95. The zero-order chi connectivity index (χ0) is 18.2. The fourth-order valence-electron chi connectivity index (χ4n) is 4.86. The van der Waals surface area contributed by atoms with Gasteiger partial charge < -0.3 is 15.5 Å². The molecule has 1 saturated carbocycles. The Morgan fingerprint density at radius 1 is 1.28 bits per heavy atom. The normalized spacial score (nSPS) is 34.8. The fraction of sp³-hybridized carbons (Fsp3) is 0.667. The Balaban J connectivity index is 1.73. The number of benzene rings is 1. The van der Waals surface area contributed by atoms with Crippen molar-refractivity contribution in [3.63, 3.8) is 0 Å². The molecule has 4 heteroatoms. The molecular weight excluding hydrogens is 314 g/mol. The van der Waals surface area contributed by atoms with Gasteiger partial charge in [0.1, 0.15) is 11.2 Å². The molecule has 3 N–H and O–H groups in total. The third kappa shape index (κ3) is 3.34. The van der Waals surface area contributed by atoms with E-state index in [1.807, 2.05) is 24.3 Å². The van der Waals surface area contributed by atoms with Gasteiger partial charge in [-0.1, -0.05) is 51.5 Å². The van der Waals surface area contributed by atoms with Crippen LogP contribution < -0.4 is 5.32 Å². The van der Waals surface area contributed by atoms with Crippen LogP contribution in [0.5, 0.6) is 0 Å². The summed E-state index contributed by atoms with van der Waals surface area (Å²) < 4.78 is 0. The standard InChI is InChI=1S/C21H31NO3/c1-14(2)17-9-8-15(3)12-21(17,25)19(23)22-13-20(24)11-10-16-6-4-5-7-18(16)20/h4-7,14-15,17,24-25H,8-13H2,1-3H3,(H,22,23). The summed E-state index contributed by atoms with van der Waals surface area (Å²) in [7, 11) is 0. The first kappa shape index (κ1) is 18.4. The average molecular weight is 345 g/mol. The topological polar surface area (TPSA) is 69.6 Å². The Labute approximate surface area is 150 Å². The molecule has 0 bridgehead atoms. The fourth-order valence-corrected chi connectivity index (χ4v) is 4.86. The van der Waals surface area contributed by atoms with Crippen LogP contribution >= 0.6 is 0 Å². The molecule has 1 aromatic rings. The molecule has 4 atom stereocenters. The van der Waals surface area contributed by atoms with Crippen LogP contribution in [-0.4, -0.2) is 28.3 Å². The first-order chi connectivity index (χ1) is 11.8. The number of rotatable bonds is 4. The molecule has 0 saturated heterocycles. The van der Waals surface area contributed by atoms with Crippen molar-refractivity contribution in [1.82, 2.24) is 5.32 Å². The van der Waals surface area contributed by atoms with Gasteiger partial charge >= 0.3 is 0 Å². The molecule has 2 aliphatic rings. The molecule has 4 unspecified atom stereocenters. The quantitative estimate of drug-likeness (QED) is 0.786. The molecule has 2 aliphatic carbocycles. The van der Waals surface area contributed by atoms with Crippen LogP contribution in [0.1, 0.15) is 57.6 Å². The van der Waals surface area contributed by atoms with Gasteiger partial charge in [0.05, 0.1) is 6.54 Å². The number of aliphatic hydroxyl groups is 2. The summed E-state index contributed by atoms with van der Waals surface area (Å²) in [6.07, 6.45) is 3.84. The lowest BCUT2D eigenvalue weighted by Gasteiger charge is -2.43. The second-order valence-electron chi connectivity index (χ2n) is 8.53. The number of carbonyl (C=O) groups excluding carboxylic acids is 1. The summed E-state index contributed by atoms with van der Waals surface area (Å²) in [4.78, 5) is 12.9. The van der Waals surface area contributed by atoms with E-state index >= 15 is 0 Å². The highest BCUT2D eigenvalue weighted by Crippen LogP contribution is 2.42. The minimum atomic E-state index is -1.33. The number of fused-ring (bicyclic) bond motifs is 1. The summed E-state index contributed by atoms with van der Waals surface area (Å²) in [5.41, 5.74) is -0.319. The Morgan fingerprint density at radius 3 is 2.72 bits per heavy atom. The van der Waals surface area contributed by atoms with Gasteiger partial charge in [0.15, 0.2) is 0 Å². The SMILES string of the molecule is CC1CCC(C(C)C)C(O)(C(=O)NCC2(O)CCc3ccccc32)C1. The first-order valence-corrected chi connectivity index (χ1v) is 9.58. The van der Waals surface area contributed by atoms with Gasteiger partial charge in [-0.15, -0.1) is 0 Å². The maximum absolute atomic E-state index is 12.9. The van der Waals surface area contributed by atoms with Crippen LogP contribution in [0.15, 0.2) is 24.3 Å². The molecule has 138 valence electrons. The molecule has 3 rings (SSSR count). The van der Waals surface area contributed by atoms with Crippen molar-refractivity contribution in [3.8, 4) is 0 Å². The zero-order valence-corrected chi connectivity index (χ0v) is 15.6. The van der Waals surface area contributed by atoms with Crippen molar-refractivity contribution < 1.29 is 15.0 Å². The smallest absolute Gasteiger partial charge is 0.252 e. The van der Waals surface area contributed by atoms with Crippen LogP contribution in [0.4, 0.5) is 0 Å². The van der Waals surface area contributed by atoms with Gasteiger partial charge in [-0.2, -0.15) is 0 Å². The predicted octanol–water partition coefficient (Wildman–Crippen LogP) is 2.76. The molecular formula is C21H31NO3. The van der Waals surface area contributed by atoms with Crippen molar-refractivity contribution in [1.29, 1.82) is 0 Å². The van der Waals surface area contributed by atoms with E-state index in [0.29, 0.717) is 18.8 Å². The van der Waals surface area contributed by atoms with Gasteiger partial charge in [0.25, 0.3) is 5.91 Å². The van der Waals surface area contributed by atoms with E-state index in [0.717, 1.165) is 30.4 Å². The molecule has 0 spiro atoms. The van der Waals surface area contributed by atoms with E-state index in [1.165, 1.54) is 0 Å². The Morgan fingerprint density at radius 2 is 2.00 bits per heavy atom. The summed E-state index contributed by atoms with van der Waals surface area (Å²) in [6.45, 7) is 6.39. The number of aryl methyl sites for hydroxylation is 1. The number of hydrogen-bond donors (Lipinski definition) is 3. The lowest BCUT2D eigenvalue weighted by atomic mass is 9.66. The van der Waals surface area contributed by atoms with Gasteiger partial charge in [0, 0.05) is 0 Å². The van der Waals surface area contributed by atoms with E-state index < -0.39 is 11.2 Å². The van der Waals surface area contributed by atoms with E-state index in [1.54, 1.807) is 0 Å². The highest BCUT2D eigenvalue weighted by atomic mass is 16.3. The average Bonchev–Trinajstić information content (AvgIpc) is 2.90. The van der Waals surface area contributed by atoms with E-state index in [2.05, 4.69) is 26.1 Å². The molecule has 1 fully saturated rings. The number of amides is 1. The first-order valence-electron chi connectivity index (χ1n) is 9.58. The summed E-state index contributed by atoms with van der Waals surface area (Å²) in [5, 5.41) is 25.1. The van der Waals surface area contributed by atoms with Crippen molar-refractivity contribution in [2.45, 2.75) is 64.1 Å². The van der Waals surface area contributed by atoms with Gasteiger partial charge in [-0.3, -0.25) is 4.79 Å². The van der Waals surface area contributed by atoms with Crippen molar-refractivity contribution in [2.75, 3.05) is 6.54 Å². The monoisotopic (exact) mass is 345 g/mol. The summed E-state index contributed by atoms with van der Waals surface area (Å²) >= 11 is 0. The highest BCUT2D eigenvalue weighted by molar-refractivity contribution is 5.85. The predicted molar refractivity (Wildman–Crippen MR) is 98.0 cm³/mol. The van der Waals surface area contributed by atoms with Crippen molar-refractivity contribution in [3.05, 3.63) is 35.4 Å². The third-order valence-corrected chi connectivity index (χ3v) is 6.31. The van der Waals surface area contributed by atoms with Crippen LogP contribution in [0.2, 0.25) is 0 Å². The molecule has 25 heavy (non-hydrogen) atoms.